The Morgan fingerprint density at radius 1 is 1.16 bits per heavy atom. The first-order valence-electron chi connectivity index (χ1n) is 7.34. The molecule has 7 heteroatoms. The maximum Gasteiger partial charge on any atom is 0.293 e. The van der Waals surface area contributed by atoms with Crippen LogP contribution in [0, 0.1) is 6.92 Å². The molecule has 0 radical (unpaired) electrons. The van der Waals surface area contributed by atoms with Crippen molar-refractivity contribution in [2.45, 2.75) is 13.5 Å². The van der Waals surface area contributed by atoms with E-state index in [0.29, 0.717) is 21.2 Å². The molecule has 1 heterocycles. The standard InChI is InChI=1S/C18H13Cl2NO3S/c1-10-5-6-15(22)11(7-10)8-16-17(23)21(18(24)25-16)9-12-13(19)3-2-4-14(12)20/h2-8,22H,9H2,1H3/b16-8-. The van der Waals surface area contributed by atoms with Crippen molar-refractivity contribution in [1.29, 1.82) is 0 Å². The fraction of sp³-hybridized carbons (Fsp3) is 0.111. The number of phenolic OH excluding ortho intramolecular Hbond substituents is 1. The average Bonchev–Trinajstić information content (AvgIpc) is 2.81. The van der Waals surface area contributed by atoms with Crippen molar-refractivity contribution in [3.63, 3.8) is 0 Å². The second-order valence-corrected chi connectivity index (χ2v) is 7.34. The van der Waals surface area contributed by atoms with E-state index >= 15 is 0 Å². The van der Waals surface area contributed by atoms with Crippen molar-refractivity contribution in [3.05, 3.63) is 68.0 Å². The molecule has 0 unspecified atom stereocenters. The van der Waals surface area contributed by atoms with Crippen molar-refractivity contribution >= 4 is 52.2 Å². The fourth-order valence-corrected chi connectivity index (χ4v) is 3.75. The van der Waals surface area contributed by atoms with Gasteiger partial charge in [-0.15, -0.1) is 0 Å². The van der Waals surface area contributed by atoms with E-state index in [9.17, 15) is 14.7 Å². The van der Waals surface area contributed by atoms with Crippen molar-refractivity contribution in [2.24, 2.45) is 0 Å². The Kier molecular flexibility index (Phi) is 5.08. The first-order chi connectivity index (χ1) is 11.9. The van der Waals surface area contributed by atoms with Crippen LogP contribution in [0.3, 0.4) is 0 Å². The van der Waals surface area contributed by atoms with E-state index in [0.717, 1.165) is 22.2 Å². The number of phenols is 1. The van der Waals surface area contributed by atoms with Gasteiger partial charge in [-0.1, -0.05) is 40.9 Å². The molecule has 0 spiro atoms. The molecule has 1 fully saturated rings. The summed E-state index contributed by atoms with van der Waals surface area (Å²) in [7, 11) is 0. The van der Waals surface area contributed by atoms with Crippen molar-refractivity contribution < 1.29 is 14.7 Å². The first kappa shape index (κ1) is 17.9. The Morgan fingerprint density at radius 2 is 1.84 bits per heavy atom. The van der Waals surface area contributed by atoms with Gasteiger partial charge in [0.1, 0.15) is 5.75 Å². The van der Waals surface area contributed by atoms with Crippen LogP contribution in [-0.2, 0) is 11.3 Å². The van der Waals surface area contributed by atoms with Gasteiger partial charge in [-0.2, -0.15) is 0 Å². The van der Waals surface area contributed by atoms with E-state index in [1.807, 2.05) is 6.92 Å². The van der Waals surface area contributed by atoms with Crippen LogP contribution in [0.4, 0.5) is 4.79 Å². The molecule has 3 rings (SSSR count). The van der Waals surface area contributed by atoms with Crippen LogP contribution in [-0.4, -0.2) is 21.2 Å². The molecule has 2 aromatic carbocycles. The number of halogens is 2. The van der Waals surface area contributed by atoms with E-state index in [-0.39, 0.29) is 17.2 Å². The number of hydrogen-bond acceptors (Lipinski definition) is 4. The molecule has 1 saturated heterocycles. The number of benzene rings is 2. The molecule has 4 nitrogen and oxygen atoms in total. The summed E-state index contributed by atoms with van der Waals surface area (Å²) >= 11 is 13.1. The number of carbonyl (C=O) groups excluding carboxylic acids is 2. The minimum Gasteiger partial charge on any atom is -0.507 e. The second-order valence-electron chi connectivity index (χ2n) is 5.53. The van der Waals surface area contributed by atoms with Gasteiger partial charge in [-0.3, -0.25) is 14.5 Å². The highest BCUT2D eigenvalue weighted by molar-refractivity contribution is 8.18. The van der Waals surface area contributed by atoms with Gasteiger partial charge < -0.3 is 5.11 Å². The van der Waals surface area contributed by atoms with Crippen LogP contribution in [0.25, 0.3) is 6.08 Å². The van der Waals surface area contributed by atoms with Gasteiger partial charge in [0.2, 0.25) is 0 Å². The maximum absolute atomic E-state index is 12.6. The van der Waals surface area contributed by atoms with Crippen LogP contribution in [0.15, 0.2) is 41.3 Å². The number of rotatable bonds is 3. The number of hydrogen-bond donors (Lipinski definition) is 1. The van der Waals surface area contributed by atoms with Gasteiger partial charge in [0, 0.05) is 21.2 Å². The minimum absolute atomic E-state index is 0.000310. The van der Waals surface area contributed by atoms with Gasteiger partial charge in [-0.25, -0.2) is 0 Å². The SMILES string of the molecule is Cc1ccc(O)c(/C=C2\SC(=O)N(Cc3c(Cl)cccc3Cl)C2=O)c1. The van der Waals surface area contributed by atoms with E-state index < -0.39 is 11.1 Å². The van der Waals surface area contributed by atoms with Crippen LogP contribution < -0.4 is 0 Å². The molecule has 25 heavy (non-hydrogen) atoms. The number of imide groups is 1. The summed E-state index contributed by atoms with van der Waals surface area (Å²) in [6.45, 7) is 1.88. The predicted octanol–water partition coefficient (Wildman–Crippen LogP) is 5.24. The molecule has 0 bridgehead atoms. The second kappa shape index (κ2) is 7.12. The molecule has 0 aliphatic carbocycles. The lowest BCUT2D eigenvalue weighted by Gasteiger charge is -2.14. The lowest BCUT2D eigenvalue weighted by Crippen LogP contribution is -2.27. The number of aromatic hydroxyl groups is 1. The highest BCUT2D eigenvalue weighted by Gasteiger charge is 2.35. The van der Waals surface area contributed by atoms with Gasteiger partial charge in [0.25, 0.3) is 11.1 Å². The number of thioether (sulfide) groups is 1. The third kappa shape index (κ3) is 3.68. The highest BCUT2D eigenvalue weighted by atomic mass is 35.5. The van der Waals surface area contributed by atoms with Gasteiger partial charge in [-0.05, 0) is 49.0 Å². The molecule has 128 valence electrons. The summed E-state index contributed by atoms with van der Waals surface area (Å²) in [6.07, 6.45) is 1.52. The maximum atomic E-state index is 12.6. The van der Waals surface area contributed by atoms with Crippen molar-refractivity contribution in [1.82, 2.24) is 4.90 Å². The number of nitrogens with zero attached hydrogens (tertiary/aromatic N) is 1. The van der Waals surface area contributed by atoms with Gasteiger partial charge >= 0.3 is 0 Å². The van der Waals surface area contributed by atoms with E-state index in [1.54, 1.807) is 36.4 Å². The van der Waals surface area contributed by atoms with Crippen molar-refractivity contribution in [2.75, 3.05) is 0 Å². The van der Waals surface area contributed by atoms with E-state index in [2.05, 4.69) is 0 Å². The largest absolute Gasteiger partial charge is 0.507 e. The van der Waals surface area contributed by atoms with Crippen LogP contribution >= 0.6 is 35.0 Å². The quantitative estimate of drug-likeness (QED) is 0.723. The Hall–Kier alpha value is -1.95. The molecule has 2 aromatic rings. The van der Waals surface area contributed by atoms with Crippen LogP contribution in [0.5, 0.6) is 5.75 Å². The summed E-state index contributed by atoms with van der Waals surface area (Å²) in [5.74, 6) is -0.390. The normalized spacial score (nSPS) is 16.1. The van der Waals surface area contributed by atoms with Crippen LogP contribution in [0.1, 0.15) is 16.7 Å². The zero-order chi connectivity index (χ0) is 18.1. The third-order valence-electron chi connectivity index (χ3n) is 3.72. The summed E-state index contributed by atoms with van der Waals surface area (Å²) < 4.78 is 0. The zero-order valence-electron chi connectivity index (χ0n) is 13.1. The van der Waals surface area contributed by atoms with Gasteiger partial charge in [0.15, 0.2) is 0 Å². The van der Waals surface area contributed by atoms with Crippen LogP contribution in [0.2, 0.25) is 10.0 Å². The van der Waals surface area contributed by atoms with Crippen molar-refractivity contribution in [3.8, 4) is 5.75 Å². The van der Waals surface area contributed by atoms with Gasteiger partial charge in [0.05, 0.1) is 11.4 Å². The first-order valence-corrected chi connectivity index (χ1v) is 8.92. The molecule has 0 aromatic heterocycles. The topological polar surface area (TPSA) is 57.6 Å². The summed E-state index contributed by atoms with van der Waals surface area (Å²) in [6, 6.07) is 10.1. The lowest BCUT2D eigenvalue weighted by atomic mass is 10.1. The molecule has 1 aliphatic heterocycles. The molecule has 1 aliphatic rings. The molecule has 1 N–H and O–H groups in total. The Morgan fingerprint density at radius 3 is 2.52 bits per heavy atom. The minimum atomic E-state index is -0.438. The summed E-state index contributed by atoms with van der Waals surface area (Å²) in [4.78, 5) is 26.2. The Labute approximate surface area is 159 Å². The third-order valence-corrected chi connectivity index (χ3v) is 5.34. The molecular weight excluding hydrogens is 381 g/mol. The monoisotopic (exact) mass is 393 g/mol. The number of carbonyl (C=O) groups is 2. The Bertz CT molecular complexity index is 891. The Balaban J connectivity index is 1.90. The average molecular weight is 394 g/mol. The molecule has 2 amide bonds. The highest BCUT2D eigenvalue weighted by Crippen LogP contribution is 2.36. The molecule has 0 saturated carbocycles. The molecule has 0 atom stereocenters. The lowest BCUT2D eigenvalue weighted by molar-refractivity contribution is -0.123. The van der Waals surface area contributed by atoms with E-state index in [4.69, 9.17) is 23.2 Å². The predicted molar refractivity (Wildman–Crippen MR) is 101 cm³/mol. The van der Waals surface area contributed by atoms with E-state index in [1.165, 1.54) is 6.08 Å². The smallest absolute Gasteiger partial charge is 0.293 e. The fourth-order valence-electron chi connectivity index (χ4n) is 2.41. The zero-order valence-corrected chi connectivity index (χ0v) is 15.5. The number of amides is 2. The summed E-state index contributed by atoms with van der Waals surface area (Å²) in [5.41, 5.74) is 1.94. The molecular formula is C18H13Cl2NO3S. The number of aryl methyl sites for hydroxylation is 1. The summed E-state index contributed by atoms with van der Waals surface area (Å²) in [5, 5.41) is 10.3.